The van der Waals surface area contributed by atoms with Crippen molar-refractivity contribution in [2.45, 2.75) is 32.4 Å². The van der Waals surface area contributed by atoms with Crippen LogP contribution in [0, 0.1) is 0 Å². The largest absolute Gasteiger partial charge is 0.373 e. The van der Waals surface area contributed by atoms with E-state index in [1.54, 1.807) is 0 Å². The molecule has 1 aromatic heterocycles. The van der Waals surface area contributed by atoms with Gasteiger partial charge in [0.05, 0.1) is 23.7 Å². The van der Waals surface area contributed by atoms with E-state index in [9.17, 15) is 0 Å². The molecule has 1 atom stereocenters. The molecule has 2 aromatic rings. The molecular weight excluding hydrogens is 200 g/mol. The molecule has 1 unspecified atom stereocenters. The standard InChI is InChI=1S/C13H16N2O/c1-2-15-12-6-4-3-5-11(12)14-13(15)8-7-10-9-16-10/h3-6,10H,2,7-9H2,1H3. The molecule has 1 saturated heterocycles. The maximum atomic E-state index is 5.24. The van der Waals surface area contributed by atoms with Crippen molar-refractivity contribution in [3.63, 3.8) is 0 Å². The lowest BCUT2D eigenvalue weighted by Gasteiger charge is -2.04. The van der Waals surface area contributed by atoms with Crippen LogP contribution in [-0.4, -0.2) is 22.3 Å². The monoisotopic (exact) mass is 216 g/mol. The summed E-state index contributed by atoms with van der Waals surface area (Å²) in [5.74, 6) is 1.19. The van der Waals surface area contributed by atoms with Crippen LogP contribution < -0.4 is 0 Å². The fourth-order valence-electron chi connectivity index (χ4n) is 2.19. The maximum absolute atomic E-state index is 5.24. The zero-order chi connectivity index (χ0) is 11.0. The van der Waals surface area contributed by atoms with Gasteiger partial charge in [-0.3, -0.25) is 0 Å². The first kappa shape index (κ1) is 9.85. The van der Waals surface area contributed by atoms with Crippen molar-refractivity contribution in [1.29, 1.82) is 0 Å². The highest BCUT2D eigenvalue weighted by Crippen LogP contribution is 2.20. The van der Waals surface area contributed by atoms with Crippen LogP contribution in [-0.2, 0) is 17.7 Å². The van der Waals surface area contributed by atoms with Crippen molar-refractivity contribution >= 4 is 11.0 Å². The summed E-state index contributed by atoms with van der Waals surface area (Å²) < 4.78 is 7.54. The number of nitrogens with zero attached hydrogens (tertiary/aromatic N) is 2. The Kier molecular flexibility index (Phi) is 2.40. The Bertz CT molecular complexity index is 500. The third-order valence-corrected chi connectivity index (χ3v) is 3.14. The molecule has 0 saturated carbocycles. The van der Waals surface area contributed by atoms with Gasteiger partial charge in [0.15, 0.2) is 0 Å². The number of para-hydroxylation sites is 2. The fourth-order valence-corrected chi connectivity index (χ4v) is 2.19. The molecule has 0 N–H and O–H groups in total. The number of hydrogen-bond acceptors (Lipinski definition) is 2. The Morgan fingerprint density at radius 3 is 3.00 bits per heavy atom. The number of ether oxygens (including phenoxy) is 1. The van der Waals surface area contributed by atoms with Crippen LogP contribution >= 0.6 is 0 Å². The summed E-state index contributed by atoms with van der Waals surface area (Å²) in [5.41, 5.74) is 2.35. The molecule has 0 radical (unpaired) electrons. The van der Waals surface area contributed by atoms with Crippen molar-refractivity contribution in [3.05, 3.63) is 30.1 Å². The van der Waals surface area contributed by atoms with Crippen molar-refractivity contribution in [2.75, 3.05) is 6.61 Å². The van der Waals surface area contributed by atoms with Crippen LogP contribution in [0.25, 0.3) is 11.0 Å². The van der Waals surface area contributed by atoms with E-state index in [-0.39, 0.29) is 0 Å². The third kappa shape index (κ3) is 1.71. The first-order chi connectivity index (χ1) is 7.88. The van der Waals surface area contributed by atoms with Crippen molar-refractivity contribution < 1.29 is 4.74 Å². The lowest BCUT2D eigenvalue weighted by atomic mass is 10.2. The summed E-state index contributed by atoms with van der Waals surface area (Å²) in [6, 6.07) is 8.34. The first-order valence-electron chi connectivity index (χ1n) is 5.94. The number of benzene rings is 1. The van der Waals surface area contributed by atoms with Crippen LogP contribution in [0.5, 0.6) is 0 Å². The topological polar surface area (TPSA) is 30.4 Å². The van der Waals surface area contributed by atoms with E-state index in [4.69, 9.17) is 9.72 Å². The van der Waals surface area contributed by atoms with Gasteiger partial charge in [-0.15, -0.1) is 0 Å². The molecule has 16 heavy (non-hydrogen) atoms. The quantitative estimate of drug-likeness (QED) is 0.735. The van der Waals surface area contributed by atoms with Gasteiger partial charge in [0, 0.05) is 13.0 Å². The molecule has 3 heteroatoms. The third-order valence-electron chi connectivity index (χ3n) is 3.14. The van der Waals surface area contributed by atoms with Gasteiger partial charge in [-0.2, -0.15) is 0 Å². The second-order valence-corrected chi connectivity index (χ2v) is 4.26. The van der Waals surface area contributed by atoms with Gasteiger partial charge >= 0.3 is 0 Å². The van der Waals surface area contributed by atoms with Crippen LogP contribution in [0.1, 0.15) is 19.2 Å². The minimum Gasteiger partial charge on any atom is -0.373 e. The number of aryl methyl sites for hydroxylation is 2. The van der Waals surface area contributed by atoms with Gasteiger partial charge < -0.3 is 9.30 Å². The molecule has 1 aromatic carbocycles. The summed E-state index contributed by atoms with van der Waals surface area (Å²) in [7, 11) is 0. The Balaban J connectivity index is 1.94. The molecule has 1 fully saturated rings. The van der Waals surface area contributed by atoms with Crippen molar-refractivity contribution in [2.24, 2.45) is 0 Å². The van der Waals surface area contributed by atoms with Gasteiger partial charge in [-0.05, 0) is 25.5 Å². The molecule has 2 heterocycles. The van der Waals surface area contributed by atoms with Gasteiger partial charge in [-0.25, -0.2) is 4.98 Å². The second-order valence-electron chi connectivity index (χ2n) is 4.26. The fraction of sp³-hybridized carbons (Fsp3) is 0.462. The molecule has 1 aliphatic heterocycles. The zero-order valence-electron chi connectivity index (χ0n) is 9.52. The van der Waals surface area contributed by atoms with Gasteiger partial charge in [0.25, 0.3) is 0 Å². The molecule has 3 nitrogen and oxygen atoms in total. The van der Waals surface area contributed by atoms with E-state index >= 15 is 0 Å². The van der Waals surface area contributed by atoms with E-state index < -0.39 is 0 Å². The van der Waals surface area contributed by atoms with E-state index in [1.165, 1.54) is 11.3 Å². The molecule has 84 valence electrons. The normalized spacial score (nSPS) is 19.2. The summed E-state index contributed by atoms with van der Waals surface area (Å²) >= 11 is 0. The van der Waals surface area contributed by atoms with E-state index in [2.05, 4.69) is 29.7 Å². The minimum absolute atomic E-state index is 0.491. The summed E-state index contributed by atoms with van der Waals surface area (Å²) in [5, 5.41) is 0. The number of aromatic nitrogens is 2. The second kappa shape index (κ2) is 3.91. The van der Waals surface area contributed by atoms with E-state index in [1.807, 2.05) is 6.07 Å². The number of hydrogen-bond donors (Lipinski definition) is 0. The number of imidazole rings is 1. The molecule has 0 aliphatic carbocycles. The lowest BCUT2D eigenvalue weighted by Crippen LogP contribution is -2.03. The van der Waals surface area contributed by atoms with E-state index in [0.29, 0.717) is 6.10 Å². The summed E-state index contributed by atoms with van der Waals surface area (Å²) in [6.45, 7) is 4.10. The molecule has 1 aliphatic rings. The molecule has 0 spiro atoms. The van der Waals surface area contributed by atoms with Crippen molar-refractivity contribution in [3.8, 4) is 0 Å². The Hall–Kier alpha value is -1.35. The zero-order valence-corrected chi connectivity index (χ0v) is 9.52. The molecule has 3 rings (SSSR count). The number of fused-ring (bicyclic) bond motifs is 1. The molecule has 0 amide bonds. The Morgan fingerprint density at radius 1 is 1.44 bits per heavy atom. The predicted octanol–water partition coefficient (Wildman–Crippen LogP) is 2.39. The maximum Gasteiger partial charge on any atom is 0.109 e. The van der Waals surface area contributed by atoms with Crippen molar-refractivity contribution in [1.82, 2.24) is 9.55 Å². The summed E-state index contributed by atoms with van der Waals surface area (Å²) in [4.78, 5) is 4.69. The smallest absolute Gasteiger partial charge is 0.109 e. The highest BCUT2D eigenvalue weighted by Gasteiger charge is 2.22. The van der Waals surface area contributed by atoms with Gasteiger partial charge in [0.2, 0.25) is 0 Å². The minimum atomic E-state index is 0.491. The molecular formula is C13H16N2O. The van der Waals surface area contributed by atoms with Crippen LogP contribution in [0.3, 0.4) is 0 Å². The lowest BCUT2D eigenvalue weighted by molar-refractivity contribution is 0.394. The average Bonchev–Trinajstić information content (AvgIpc) is 3.07. The first-order valence-corrected chi connectivity index (χ1v) is 5.94. The molecule has 0 bridgehead atoms. The number of rotatable bonds is 4. The highest BCUT2D eigenvalue weighted by molar-refractivity contribution is 5.75. The summed E-state index contributed by atoms with van der Waals surface area (Å²) in [6.07, 6.45) is 2.61. The number of epoxide rings is 1. The van der Waals surface area contributed by atoms with E-state index in [0.717, 1.165) is 31.5 Å². The SMILES string of the molecule is CCn1c(CCC2CO2)nc2ccccc21. The van der Waals surface area contributed by atoms with Crippen LogP contribution in [0.4, 0.5) is 0 Å². The van der Waals surface area contributed by atoms with Gasteiger partial charge in [0.1, 0.15) is 5.82 Å². The highest BCUT2D eigenvalue weighted by atomic mass is 16.6. The van der Waals surface area contributed by atoms with Crippen LogP contribution in [0.2, 0.25) is 0 Å². The Morgan fingerprint density at radius 2 is 2.25 bits per heavy atom. The predicted molar refractivity (Wildman–Crippen MR) is 63.5 cm³/mol. The Labute approximate surface area is 95.0 Å². The van der Waals surface area contributed by atoms with Gasteiger partial charge in [-0.1, -0.05) is 12.1 Å². The van der Waals surface area contributed by atoms with Crippen LogP contribution in [0.15, 0.2) is 24.3 Å². The average molecular weight is 216 g/mol.